The first-order chi connectivity index (χ1) is 17.7. The number of hydrogen-bond donors (Lipinski definition) is 4. The highest BCUT2D eigenvalue weighted by Gasteiger charge is 2.26. The topological polar surface area (TPSA) is 166 Å². The van der Waals surface area contributed by atoms with Gasteiger partial charge in [0.2, 0.25) is 0 Å². The predicted molar refractivity (Wildman–Crippen MR) is 143 cm³/mol. The molecule has 11 heteroatoms. The molecule has 0 saturated heterocycles. The number of esters is 1. The summed E-state index contributed by atoms with van der Waals surface area (Å²) in [5, 5.41) is 18.3. The highest BCUT2D eigenvalue weighted by Crippen LogP contribution is 2.43. The Kier molecular flexibility index (Phi) is 21.4. The number of aliphatic hydroxyl groups excluding tert-OH is 1. The molecule has 3 unspecified atom stereocenters. The number of aliphatic carboxylic acids is 1. The molecule has 0 spiro atoms. The van der Waals surface area contributed by atoms with E-state index in [1.807, 2.05) is 12.2 Å². The number of unbranched alkanes of at least 4 members (excludes halogenated alkanes) is 1. The molecule has 0 aliphatic carbocycles. The van der Waals surface area contributed by atoms with Crippen molar-refractivity contribution in [2.75, 3.05) is 19.8 Å². The first-order valence-electron chi connectivity index (χ1n) is 12.4. The van der Waals surface area contributed by atoms with Gasteiger partial charge in [0.05, 0.1) is 13.2 Å². The number of ether oxygens (including phenoxy) is 1. The maximum Gasteiger partial charge on any atom is 0.472 e. The quantitative estimate of drug-likeness (QED) is 0.0667. The fourth-order valence-electron chi connectivity index (χ4n) is 2.51. The number of allylic oxidation sites excluding steroid dienone is 10. The molecule has 3 atom stereocenters. The van der Waals surface area contributed by atoms with Crippen LogP contribution in [0.1, 0.15) is 58.3 Å². The van der Waals surface area contributed by atoms with E-state index in [0.29, 0.717) is 12.8 Å². The summed E-state index contributed by atoms with van der Waals surface area (Å²) in [4.78, 5) is 31.7. The molecule has 0 bridgehead atoms. The van der Waals surface area contributed by atoms with Gasteiger partial charge in [-0.25, -0.2) is 4.57 Å². The van der Waals surface area contributed by atoms with Crippen LogP contribution in [0, 0.1) is 0 Å². The molecule has 0 aliphatic heterocycles. The van der Waals surface area contributed by atoms with Gasteiger partial charge >= 0.3 is 19.8 Å². The zero-order chi connectivity index (χ0) is 27.8. The second-order valence-corrected chi connectivity index (χ2v) is 9.40. The zero-order valence-electron chi connectivity index (χ0n) is 21.5. The Bertz CT molecular complexity index is 821. The molecule has 0 radical (unpaired) electrons. The summed E-state index contributed by atoms with van der Waals surface area (Å²) in [5.41, 5.74) is 5.15. The first kappa shape index (κ1) is 34.7. The number of carbonyl (C=O) groups excluding carboxylic acids is 1. The highest BCUT2D eigenvalue weighted by atomic mass is 31.2. The van der Waals surface area contributed by atoms with Crippen LogP contribution in [-0.4, -0.2) is 59.0 Å². The number of phosphoric ester groups is 1. The van der Waals surface area contributed by atoms with Gasteiger partial charge in [-0.05, 0) is 44.9 Å². The molecule has 0 fully saturated rings. The minimum absolute atomic E-state index is 0.163. The van der Waals surface area contributed by atoms with Crippen LogP contribution in [0.3, 0.4) is 0 Å². The van der Waals surface area contributed by atoms with Crippen molar-refractivity contribution in [3.8, 4) is 0 Å². The van der Waals surface area contributed by atoms with Crippen molar-refractivity contribution in [3.05, 3.63) is 60.8 Å². The van der Waals surface area contributed by atoms with Crippen LogP contribution < -0.4 is 5.73 Å². The van der Waals surface area contributed by atoms with E-state index in [-0.39, 0.29) is 6.42 Å². The van der Waals surface area contributed by atoms with E-state index in [1.165, 1.54) is 0 Å². The fourth-order valence-corrected chi connectivity index (χ4v) is 3.29. The number of carbonyl (C=O) groups is 2. The van der Waals surface area contributed by atoms with Gasteiger partial charge < -0.3 is 25.6 Å². The van der Waals surface area contributed by atoms with Gasteiger partial charge in [0.25, 0.3) is 0 Å². The van der Waals surface area contributed by atoms with Gasteiger partial charge in [-0.1, -0.05) is 67.7 Å². The second-order valence-electron chi connectivity index (χ2n) is 7.94. The summed E-state index contributed by atoms with van der Waals surface area (Å²) < 4.78 is 25.4. The summed E-state index contributed by atoms with van der Waals surface area (Å²) in [5.74, 6) is -1.92. The van der Waals surface area contributed by atoms with Crippen LogP contribution in [0.4, 0.5) is 0 Å². The Morgan fingerprint density at radius 2 is 1.32 bits per heavy atom. The van der Waals surface area contributed by atoms with Crippen molar-refractivity contribution in [2.45, 2.75) is 70.4 Å². The average molecular weight is 544 g/mol. The number of carboxylic acids is 1. The van der Waals surface area contributed by atoms with E-state index < -0.39 is 51.7 Å². The summed E-state index contributed by atoms with van der Waals surface area (Å²) in [6, 6.07) is -1.50. The fraction of sp³-hybridized carbons (Fsp3) is 0.538. The molecule has 210 valence electrons. The molecule has 0 aliphatic rings. The largest absolute Gasteiger partial charge is 0.480 e. The van der Waals surface area contributed by atoms with Crippen molar-refractivity contribution >= 4 is 19.8 Å². The molecule has 0 heterocycles. The molecule has 5 N–H and O–H groups in total. The molecule has 0 aromatic rings. The lowest BCUT2D eigenvalue weighted by atomic mass is 10.2. The average Bonchev–Trinajstić information content (AvgIpc) is 2.86. The smallest absolute Gasteiger partial charge is 0.472 e. The number of rotatable bonds is 22. The van der Waals surface area contributed by atoms with Crippen molar-refractivity contribution in [2.24, 2.45) is 5.73 Å². The van der Waals surface area contributed by atoms with Crippen LogP contribution >= 0.6 is 7.82 Å². The van der Waals surface area contributed by atoms with Gasteiger partial charge in [0, 0.05) is 6.42 Å². The van der Waals surface area contributed by atoms with E-state index >= 15 is 0 Å². The second kappa shape index (κ2) is 22.8. The lowest BCUT2D eigenvalue weighted by Gasteiger charge is -2.16. The Balaban J connectivity index is 3.80. The summed E-state index contributed by atoms with van der Waals surface area (Å²) in [6.07, 6.45) is 25.9. The Morgan fingerprint density at radius 3 is 1.84 bits per heavy atom. The first-order valence-corrected chi connectivity index (χ1v) is 13.9. The maximum absolute atomic E-state index is 11.7. The van der Waals surface area contributed by atoms with Crippen LogP contribution in [0.2, 0.25) is 0 Å². The van der Waals surface area contributed by atoms with Crippen LogP contribution in [0.5, 0.6) is 0 Å². The number of nitrogens with two attached hydrogens (primary N) is 1. The van der Waals surface area contributed by atoms with Crippen LogP contribution in [0.15, 0.2) is 60.8 Å². The molecule has 0 rings (SSSR count). The predicted octanol–water partition coefficient (Wildman–Crippen LogP) is 4.36. The highest BCUT2D eigenvalue weighted by molar-refractivity contribution is 7.47. The lowest BCUT2D eigenvalue weighted by Crippen LogP contribution is -2.34. The number of aliphatic hydroxyl groups is 1. The van der Waals surface area contributed by atoms with Crippen molar-refractivity contribution in [3.63, 3.8) is 0 Å². The zero-order valence-corrected chi connectivity index (χ0v) is 22.4. The van der Waals surface area contributed by atoms with E-state index in [9.17, 15) is 24.2 Å². The Morgan fingerprint density at radius 1 is 0.838 bits per heavy atom. The summed E-state index contributed by atoms with van der Waals surface area (Å²) in [6.45, 7) is 0.307. The normalized spacial score (nSPS) is 15.8. The van der Waals surface area contributed by atoms with Crippen molar-refractivity contribution in [1.82, 2.24) is 0 Å². The third-order valence-corrected chi connectivity index (χ3v) is 5.46. The van der Waals surface area contributed by atoms with E-state index in [1.54, 1.807) is 0 Å². The Labute approximate surface area is 219 Å². The van der Waals surface area contributed by atoms with Crippen molar-refractivity contribution < 1.29 is 43.0 Å². The van der Waals surface area contributed by atoms with Gasteiger partial charge in [-0.15, -0.1) is 0 Å². The van der Waals surface area contributed by atoms with Crippen LogP contribution in [-0.2, 0) is 27.9 Å². The molecule has 0 aromatic heterocycles. The monoisotopic (exact) mass is 543 g/mol. The van der Waals surface area contributed by atoms with E-state index in [0.717, 1.165) is 32.1 Å². The molecule has 10 nitrogen and oxygen atoms in total. The third kappa shape index (κ3) is 23.8. The van der Waals surface area contributed by atoms with E-state index in [4.69, 9.17) is 15.6 Å². The maximum atomic E-state index is 11.7. The van der Waals surface area contributed by atoms with Crippen molar-refractivity contribution in [1.29, 1.82) is 0 Å². The van der Waals surface area contributed by atoms with E-state index in [2.05, 4.69) is 64.6 Å². The standard InChI is InChI=1S/C26H42NO9P/c1-2-3-4-5-6-7-8-9-10-11-12-13-14-15-16-17-18-19-25(29)34-20-23(28)21-35-37(32,33)36-22-24(27)26(30)31/h3-4,6-7,9-10,12-13,15-16,23-24,28H,2,5,8,11,14,17-22,27H2,1H3,(H,30,31)(H,32,33)/b4-3-,7-6-,10-9-,13-12-,16-15-. The van der Waals surface area contributed by atoms with Crippen LogP contribution in [0.25, 0.3) is 0 Å². The number of hydrogen-bond acceptors (Lipinski definition) is 8. The SMILES string of the molecule is CC/C=C\C/C=C\C/C=C\C/C=C\C/C=C\CCCC(=O)OCC(O)COP(=O)(O)OCC(N)C(=O)O. The molecule has 0 aromatic carbocycles. The molecular weight excluding hydrogens is 501 g/mol. The molecule has 0 saturated carbocycles. The van der Waals surface area contributed by atoms with Gasteiger partial charge in [0.15, 0.2) is 0 Å². The number of phosphoric acid groups is 1. The Hall–Kier alpha value is -2.33. The molecule has 37 heavy (non-hydrogen) atoms. The summed E-state index contributed by atoms with van der Waals surface area (Å²) in [7, 11) is -4.60. The van der Waals surface area contributed by atoms with Gasteiger partial charge in [-0.3, -0.25) is 18.6 Å². The minimum atomic E-state index is -4.60. The summed E-state index contributed by atoms with van der Waals surface area (Å²) >= 11 is 0. The van der Waals surface area contributed by atoms with Gasteiger partial charge in [0.1, 0.15) is 18.8 Å². The molecular formula is C26H42NO9P. The minimum Gasteiger partial charge on any atom is -0.480 e. The van der Waals surface area contributed by atoms with Gasteiger partial charge in [-0.2, -0.15) is 0 Å². The third-order valence-electron chi connectivity index (χ3n) is 4.51. The molecule has 0 amide bonds. The lowest BCUT2D eigenvalue weighted by molar-refractivity contribution is -0.147. The number of carboxylic acid groups (broad SMARTS) is 1.